The Labute approximate surface area is 120 Å². The van der Waals surface area contributed by atoms with E-state index in [0.29, 0.717) is 0 Å². The molecule has 2 rings (SSSR count). The molecule has 0 amide bonds. The minimum absolute atomic E-state index is 0.0191. The van der Waals surface area contributed by atoms with Crippen molar-refractivity contribution in [3.63, 3.8) is 0 Å². The van der Waals surface area contributed by atoms with Gasteiger partial charge in [0.05, 0.1) is 11.3 Å². The molecule has 0 aliphatic rings. The third kappa shape index (κ3) is 3.10. The summed E-state index contributed by atoms with van der Waals surface area (Å²) in [7, 11) is -3.99. The molecule has 0 saturated heterocycles. The number of hydrogen-bond donors (Lipinski definition) is 2. The van der Waals surface area contributed by atoms with E-state index in [1.54, 1.807) is 6.07 Å². The average Bonchev–Trinajstić information content (AvgIpc) is 2.40. The minimum Gasteiger partial charge on any atom is -0.455 e. The van der Waals surface area contributed by atoms with Crippen molar-refractivity contribution in [2.75, 3.05) is 5.73 Å². The largest absolute Gasteiger partial charge is 0.455 e. The Bertz CT molecular complexity index is 844. The lowest BCUT2D eigenvalue weighted by Crippen LogP contribution is -2.14. The maximum atomic E-state index is 13.5. The number of hydrogen-bond acceptors (Lipinski definition) is 5. The van der Waals surface area contributed by atoms with Gasteiger partial charge in [-0.25, -0.2) is 17.9 Å². The molecule has 0 unspecified atom stereocenters. The van der Waals surface area contributed by atoms with Crippen LogP contribution in [0.4, 0.5) is 10.1 Å². The zero-order valence-electron chi connectivity index (χ0n) is 10.6. The molecule has 6 nitrogen and oxygen atoms in total. The summed E-state index contributed by atoms with van der Waals surface area (Å²) in [6, 6.07) is 9.33. The van der Waals surface area contributed by atoms with E-state index >= 15 is 0 Å². The van der Waals surface area contributed by atoms with Gasteiger partial charge < -0.3 is 10.5 Å². The molecule has 0 saturated carbocycles. The number of nitrogen functional groups attached to an aromatic ring is 1. The number of ether oxygens (including phenoxy) is 1. The van der Waals surface area contributed by atoms with Crippen LogP contribution >= 0.6 is 0 Å². The van der Waals surface area contributed by atoms with Gasteiger partial charge in [-0.1, -0.05) is 6.07 Å². The van der Waals surface area contributed by atoms with Gasteiger partial charge in [0.25, 0.3) is 0 Å². The van der Waals surface area contributed by atoms with Crippen LogP contribution in [-0.4, -0.2) is 8.42 Å². The second-order valence-electron chi connectivity index (χ2n) is 4.07. The molecule has 8 heteroatoms. The molecule has 2 aromatic rings. The molecule has 108 valence electrons. The average molecular weight is 307 g/mol. The van der Waals surface area contributed by atoms with Crippen molar-refractivity contribution in [2.45, 2.75) is 4.90 Å². The molecule has 2 aromatic carbocycles. The zero-order valence-corrected chi connectivity index (χ0v) is 11.4. The van der Waals surface area contributed by atoms with Gasteiger partial charge >= 0.3 is 0 Å². The molecule has 0 bridgehead atoms. The fourth-order valence-corrected chi connectivity index (χ4v) is 2.31. The molecular weight excluding hydrogens is 297 g/mol. The lowest BCUT2D eigenvalue weighted by Gasteiger charge is -2.11. The Balaban J connectivity index is 2.42. The SMILES string of the molecule is N#Cc1ccc(Oc2cccc(S(N)(=O)=O)c2N)cc1F. The normalized spacial score (nSPS) is 10.9. The second-order valence-corrected chi connectivity index (χ2v) is 5.60. The molecule has 21 heavy (non-hydrogen) atoms. The summed E-state index contributed by atoms with van der Waals surface area (Å²) >= 11 is 0. The Kier molecular flexibility index (Phi) is 3.80. The first kappa shape index (κ1) is 14.8. The molecule has 0 aliphatic heterocycles. The maximum Gasteiger partial charge on any atom is 0.240 e. The van der Waals surface area contributed by atoms with Crippen molar-refractivity contribution >= 4 is 15.7 Å². The van der Waals surface area contributed by atoms with Crippen LogP contribution in [0, 0.1) is 17.1 Å². The lowest BCUT2D eigenvalue weighted by atomic mass is 10.2. The predicted molar refractivity (Wildman–Crippen MR) is 73.4 cm³/mol. The second kappa shape index (κ2) is 5.40. The van der Waals surface area contributed by atoms with Gasteiger partial charge in [0.1, 0.15) is 22.5 Å². The van der Waals surface area contributed by atoms with Crippen LogP contribution in [0.25, 0.3) is 0 Å². The molecule has 0 atom stereocenters. The van der Waals surface area contributed by atoms with Crippen molar-refractivity contribution in [2.24, 2.45) is 5.14 Å². The number of benzene rings is 2. The summed E-state index contributed by atoms with van der Waals surface area (Å²) in [5.41, 5.74) is 5.37. The van der Waals surface area contributed by atoms with Gasteiger partial charge in [0, 0.05) is 6.07 Å². The number of halogens is 1. The number of nitriles is 1. The van der Waals surface area contributed by atoms with Crippen LogP contribution in [0.1, 0.15) is 5.56 Å². The van der Waals surface area contributed by atoms with E-state index < -0.39 is 15.8 Å². The van der Waals surface area contributed by atoms with Crippen LogP contribution in [0.2, 0.25) is 0 Å². The summed E-state index contributed by atoms with van der Waals surface area (Å²) in [5.74, 6) is -0.661. The van der Waals surface area contributed by atoms with Crippen LogP contribution in [0.15, 0.2) is 41.3 Å². The van der Waals surface area contributed by atoms with Crippen LogP contribution in [0.3, 0.4) is 0 Å². The highest BCUT2D eigenvalue weighted by Crippen LogP contribution is 2.32. The number of nitrogens with two attached hydrogens (primary N) is 2. The highest BCUT2D eigenvalue weighted by atomic mass is 32.2. The molecule has 0 spiro atoms. The predicted octanol–water partition coefficient (Wildman–Crippen LogP) is 1.72. The highest BCUT2D eigenvalue weighted by Gasteiger charge is 2.16. The van der Waals surface area contributed by atoms with E-state index in [1.807, 2.05) is 0 Å². The van der Waals surface area contributed by atoms with Gasteiger partial charge in [0.2, 0.25) is 10.0 Å². The Morgan fingerprint density at radius 2 is 1.95 bits per heavy atom. The fraction of sp³-hybridized carbons (Fsp3) is 0. The number of sulfonamides is 1. The van der Waals surface area contributed by atoms with Crippen molar-refractivity contribution in [3.8, 4) is 17.6 Å². The number of anilines is 1. The van der Waals surface area contributed by atoms with E-state index in [4.69, 9.17) is 20.9 Å². The van der Waals surface area contributed by atoms with Crippen LogP contribution < -0.4 is 15.6 Å². The molecule has 0 radical (unpaired) electrons. The summed E-state index contributed by atoms with van der Waals surface area (Å²) in [6.07, 6.45) is 0. The van der Waals surface area contributed by atoms with E-state index in [9.17, 15) is 12.8 Å². The first-order valence-electron chi connectivity index (χ1n) is 5.61. The maximum absolute atomic E-state index is 13.5. The van der Waals surface area contributed by atoms with E-state index in [2.05, 4.69) is 0 Å². The van der Waals surface area contributed by atoms with E-state index in [-0.39, 0.29) is 27.6 Å². The summed E-state index contributed by atoms with van der Waals surface area (Å²) in [6.45, 7) is 0. The molecular formula is C13H10FN3O3S. The summed E-state index contributed by atoms with van der Waals surface area (Å²) in [4.78, 5) is -0.283. The summed E-state index contributed by atoms with van der Waals surface area (Å²) in [5, 5.41) is 13.7. The number of nitrogens with zero attached hydrogens (tertiary/aromatic N) is 1. The van der Waals surface area contributed by atoms with Crippen molar-refractivity contribution in [1.82, 2.24) is 0 Å². The Hall–Kier alpha value is -2.63. The molecule has 0 heterocycles. The van der Waals surface area contributed by atoms with Crippen LogP contribution in [0.5, 0.6) is 11.5 Å². The van der Waals surface area contributed by atoms with Crippen molar-refractivity contribution in [3.05, 3.63) is 47.8 Å². The molecule has 0 aromatic heterocycles. The zero-order chi connectivity index (χ0) is 15.6. The minimum atomic E-state index is -3.99. The van der Waals surface area contributed by atoms with E-state index in [0.717, 1.165) is 6.07 Å². The smallest absolute Gasteiger partial charge is 0.240 e. The number of para-hydroxylation sites is 1. The quantitative estimate of drug-likeness (QED) is 0.837. The Morgan fingerprint density at radius 3 is 2.52 bits per heavy atom. The van der Waals surface area contributed by atoms with Gasteiger partial charge in [0.15, 0.2) is 5.75 Å². The van der Waals surface area contributed by atoms with Crippen molar-refractivity contribution in [1.29, 1.82) is 5.26 Å². The number of rotatable bonds is 3. The Morgan fingerprint density at radius 1 is 1.24 bits per heavy atom. The first-order chi connectivity index (χ1) is 9.82. The number of primary sulfonamides is 1. The van der Waals surface area contributed by atoms with Crippen molar-refractivity contribution < 1.29 is 17.5 Å². The van der Waals surface area contributed by atoms with Gasteiger partial charge in [-0.15, -0.1) is 0 Å². The summed E-state index contributed by atoms with van der Waals surface area (Å²) < 4.78 is 41.5. The molecule has 4 N–H and O–H groups in total. The third-order valence-corrected chi connectivity index (χ3v) is 3.59. The highest BCUT2D eigenvalue weighted by molar-refractivity contribution is 7.89. The lowest BCUT2D eigenvalue weighted by molar-refractivity contribution is 0.477. The van der Waals surface area contributed by atoms with Gasteiger partial charge in [-0.2, -0.15) is 5.26 Å². The molecule has 0 aliphatic carbocycles. The van der Waals surface area contributed by atoms with E-state index in [1.165, 1.54) is 30.3 Å². The first-order valence-corrected chi connectivity index (χ1v) is 7.16. The van der Waals surface area contributed by atoms with Gasteiger partial charge in [-0.05, 0) is 24.3 Å². The fourth-order valence-electron chi connectivity index (χ4n) is 1.64. The van der Waals surface area contributed by atoms with Crippen LogP contribution in [-0.2, 0) is 10.0 Å². The van der Waals surface area contributed by atoms with Gasteiger partial charge in [-0.3, -0.25) is 0 Å². The molecule has 0 fully saturated rings. The topological polar surface area (TPSA) is 119 Å². The monoisotopic (exact) mass is 307 g/mol. The third-order valence-electron chi connectivity index (χ3n) is 2.62. The standard InChI is InChI=1S/C13H10FN3O3S/c14-10-6-9(5-4-8(10)7-15)20-11-2-1-3-12(13(11)16)21(17,18)19/h1-6H,16H2,(H2,17,18,19).